The van der Waals surface area contributed by atoms with Gasteiger partial charge in [0.1, 0.15) is 11.8 Å². The molecular weight excluding hydrogens is 312 g/mol. The summed E-state index contributed by atoms with van der Waals surface area (Å²) in [5.41, 5.74) is 1.02. The van der Waals surface area contributed by atoms with E-state index in [1.807, 2.05) is 5.55 Å². The van der Waals surface area contributed by atoms with Crippen molar-refractivity contribution in [2.75, 3.05) is 11.5 Å². The van der Waals surface area contributed by atoms with E-state index in [2.05, 4.69) is 16.6 Å². The number of sulfonamides is 1. The van der Waals surface area contributed by atoms with E-state index in [9.17, 15) is 13.2 Å². The van der Waals surface area contributed by atoms with Crippen LogP contribution in [0, 0.1) is 0 Å². The molecule has 0 aromatic heterocycles. The molecule has 1 N–H and O–H groups in total. The fourth-order valence-electron chi connectivity index (χ4n) is 1.80. The number of nitrogens with zero attached hydrogens (tertiary/aromatic N) is 1. The van der Waals surface area contributed by atoms with E-state index >= 15 is 0 Å². The van der Waals surface area contributed by atoms with Crippen LogP contribution in [-0.2, 0) is 14.8 Å². The predicted octanol–water partition coefficient (Wildman–Crippen LogP) is 2.40. The number of unbranched alkanes of at least 4 members (excludes halogenated alkanes) is 2. The molecule has 0 aromatic carbocycles. The topological polar surface area (TPSA) is 84.8 Å². The molecule has 124 valence electrons. The van der Waals surface area contributed by atoms with Crippen LogP contribution in [0.15, 0.2) is 4.99 Å². The van der Waals surface area contributed by atoms with Crippen molar-refractivity contribution >= 4 is 31.8 Å². The average molecular weight is 338 g/mol. The van der Waals surface area contributed by atoms with E-state index in [1.165, 1.54) is 6.42 Å². The highest BCUT2D eigenvalue weighted by atomic mass is 32.2. The van der Waals surface area contributed by atoms with Crippen molar-refractivity contribution in [2.45, 2.75) is 58.7 Å². The molecular formula is C13H26N2O4S2. The lowest BCUT2D eigenvalue weighted by molar-refractivity contribution is 0.0715. The quantitative estimate of drug-likeness (QED) is 0.442. The van der Waals surface area contributed by atoms with Gasteiger partial charge in [0.25, 0.3) is 0 Å². The Balaban J connectivity index is 2.47. The fraction of sp³-hybridized carbons (Fsp3) is 0.846. The van der Waals surface area contributed by atoms with E-state index in [1.54, 1.807) is 20.8 Å². The van der Waals surface area contributed by atoms with Crippen molar-refractivity contribution in [3.8, 4) is 0 Å². The zero-order valence-electron chi connectivity index (χ0n) is 13.1. The number of thiol groups is 1. The minimum absolute atomic E-state index is 0.366. The summed E-state index contributed by atoms with van der Waals surface area (Å²) < 4.78 is 31.0. The van der Waals surface area contributed by atoms with Crippen LogP contribution < -0.4 is 4.72 Å². The largest absolute Gasteiger partial charge is 0.447 e. The van der Waals surface area contributed by atoms with Crippen LogP contribution in [0.3, 0.4) is 0 Å². The molecule has 0 radical (unpaired) electrons. The summed E-state index contributed by atoms with van der Waals surface area (Å²) in [4.78, 5) is 15.8. The Labute approximate surface area is 130 Å². The first kappa shape index (κ1) is 18.4. The van der Waals surface area contributed by atoms with Gasteiger partial charge in [-0.05, 0) is 32.9 Å². The van der Waals surface area contributed by atoms with E-state index in [0.717, 1.165) is 18.6 Å². The molecule has 1 heterocycles. The molecule has 0 bridgehead atoms. The van der Waals surface area contributed by atoms with Gasteiger partial charge in [0, 0.05) is 11.3 Å². The van der Waals surface area contributed by atoms with Crippen LogP contribution in [0.2, 0.25) is 0 Å². The first-order valence-corrected chi connectivity index (χ1v) is 10.4. The number of nitrogens with one attached hydrogen (secondary N) is 1. The van der Waals surface area contributed by atoms with Gasteiger partial charge in [-0.2, -0.15) is 4.72 Å². The molecule has 1 aliphatic heterocycles. The summed E-state index contributed by atoms with van der Waals surface area (Å²) >= 11 is 0. The molecule has 0 aromatic rings. The van der Waals surface area contributed by atoms with Crippen molar-refractivity contribution in [2.24, 2.45) is 4.99 Å². The maximum absolute atomic E-state index is 11.9. The van der Waals surface area contributed by atoms with E-state index < -0.39 is 27.1 Å². The molecule has 2 unspecified atom stereocenters. The Kier molecular flexibility index (Phi) is 6.68. The van der Waals surface area contributed by atoms with Gasteiger partial charge in [-0.3, -0.25) is 4.99 Å². The van der Waals surface area contributed by atoms with Gasteiger partial charge in [0.2, 0.25) is 0 Å². The highest BCUT2D eigenvalue weighted by molar-refractivity contribution is 8.28. The van der Waals surface area contributed by atoms with E-state index in [-0.39, 0.29) is 10.9 Å². The molecule has 0 aliphatic carbocycles. The van der Waals surface area contributed by atoms with E-state index in [0.29, 0.717) is 5.75 Å². The second-order valence-electron chi connectivity index (χ2n) is 6.07. The predicted molar refractivity (Wildman–Crippen MR) is 88.8 cm³/mol. The lowest BCUT2D eigenvalue weighted by Gasteiger charge is -2.20. The number of rotatable bonds is 6. The van der Waals surface area contributed by atoms with Gasteiger partial charge in [0.15, 0.2) is 0 Å². The van der Waals surface area contributed by atoms with Crippen LogP contribution >= 0.6 is 10.9 Å². The average Bonchev–Trinajstić information content (AvgIpc) is 2.74. The normalized spacial score (nSPS) is 24.2. The molecule has 1 aliphatic rings. The van der Waals surface area contributed by atoms with Crippen LogP contribution in [0.1, 0.15) is 47.0 Å². The van der Waals surface area contributed by atoms with Crippen molar-refractivity contribution < 1.29 is 17.9 Å². The first-order chi connectivity index (χ1) is 9.64. The van der Waals surface area contributed by atoms with Crippen molar-refractivity contribution in [3.63, 3.8) is 0 Å². The minimum Gasteiger partial charge on any atom is -0.447 e. The first-order valence-electron chi connectivity index (χ1n) is 7.17. The summed E-state index contributed by atoms with van der Waals surface area (Å²) in [7, 11) is -4.51. The number of hydrogen-bond acceptors (Lipinski definition) is 5. The zero-order chi connectivity index (χ0) is 16.1. The van der Waals surface area contributed by atoms with Crippen molar-refractivity contribution in [1.82, 2.24) is 4.72 Å². The maximum Gasteiger partial charge on any atom is 0.440 e. The van der Waals surface area contributed by atoms with Gasteiger partial charge >= 0.3 is 15.3 Å². The fourth-order valence-corrected chi connectivity index (χ4v) is 4.89. The van der Waals surface area contributed by atoms with Gasteiger partial charge in [0.05, 0.1) is 0 Å². The summed E-state index contributed by atoms with van der Waals surface area (Å²) in [6.07, 6.45) is 2.95. The Morgan fingerprint density at radius 2 is 2.10 bits per heavy atom. The number of aliphatic imine (C=N–C) groups is 1. The summed E-state index contributed by atoms with van der Waals surface area (Å²) in [5.74, 6) is 1.73. The lowest BCUT2D eigenvalue weighted by atomic mass is 10.2. The summed E-state index contributed by atoms with van der Waals surface area (Å²) in [5, 5.41) is -1.24. The molecule has 6 nitrogen and oxygen atoms in total. The van der Waals surface area contributed by atoms with E-state index in [4.69, 9.17) is 4.74 Å². The molecule has 8 heteroatoms. The van der Waals surface area contributed by atoms with Crippen LogP contribution in [-0.4, -0.2) is 42.5 Å². The van der Waals surface area contributed by atoms with Gasteiger partial charge < -0.3 is 4.74 Å². The molecule has 0 saturated carbocycles. The Hall–Kier alpha value is -0.600. The summed E-state index contributed by atoms with van der Waals surface area (Å²) in [6, 6.07) is 0. The highest BCUT2D eigenvalue weighted by Crippen LogP contribution is 2.30. The zero-order valence-corrected chi connectivity index (χ0v) is 14.8. The summed E-state index contributed by atoms with van der Waals surface area (Å²) in [6.45, 7) is 7.02. The lowest BCUT2D eigenvalue weighted by Crippen LogP contribution is -2.41. The standard InChI is InChI=1S/C13H26N2O4S2/c1-5-6-7-8-20-9-11(14-10-20)15-21(17,18)12(16)19-13(2,3)4/h10-11,15,20H,5-9H2,1-4H3. The van der Waals surface area contributed by atoms with Crippen LogP contribution in [0.25, 0.3) is 0 Å². The molecule has 0 fully saturated rings. The number of carbonyl (C=O) groups is 1. The highest BCUT2D eigenvalue weighted by Gasteiger charge is 2.32. The molecule has 1 rings (SSSR count). The molecule has 0 saturated heterocycles. The Morgan fingerprint density at radius 3 is 2.67 bits per heavy atom. The monoisotopic (exact) mass is 338 g/mol. The van der Waals surface area contributed by atoms with Crippen molar-refractivity contribution in [3.05, 3.63) is 0 Å². The van der Waals surface area contributed by atoms with Crippen molar-refractivity contribution in [1.29, 1.82) is 0 Å². The minimum atomic E-state index is -4.14. The number of hydrogen-bond donors (Lipinski definition) is 2. The van der Waals surface area contributed by atoms with Crippen LogP contribution in [0.4, 0.5) is 4.79 Å². The Bertz CT molecular complexity index is 483. The van der Waals surface area contributed by atoms with Crippen LogP contribution in [0.5, 0.6) is 0 Å². The molecule has 21 heavy (non-hydrogen) atoms. The maximum atomic E-state index is 11.9. The SMILES string of the molecule is CCCCC[SH]1C=NC(NS(=O)(=O)C(=O)OC(C)(C)C)C1. The number of carbonyl (C=O) groups excluding carboxylic acids is 1. The smallest absolute Gasteiger partial charge is 0.440 e. The third-order valence-corrected chi connectivity index (χ3v) is 6.04. The van der Waals surface area contributed by atoms with Gasteiger partial charge in [-0.15, -0.1) is 0 Å². The second kappa shape index (κ2) is 7.60. The molecule has 2 atom stereocenters. The number of ether oxygens (including phenoxy) is 1. The Morgan fingerprint density at radius 1 is 1.43 bits per heavy atom. The third-order valence-electron chi connectivity index (χ3n) is 2.77. The second-order valence-corrected chi connectivity index (χ2v) is 9.86. The molecule has 0 spiro atoms. The molecule has 0 amide bonds. The third kappa shape index (κ3) is 6.80. The van der Waals surface area contributed by atoms with Gasteiger partial charge in [-0.25, -0.2) is 24.1 Å². The van der Waals surface area contributed by atoms with Gasteiger partial charge in [-0.1, -0.05) is 19.8 Å².